The van der Waals surface area contributed by atoms with E-state index < -0.39 is 0 Å². The molecular weight excluding hydrogens is 176 g/mol. The molecule has 80 valence electrons. The molecule has 0 aliphatic carbocycles. The second-order valence-corrected chi connectivity index (χ2v) is 4.91. The molecule has 0 aromatic heterocycles. The maximum atomic E-state index is 5.41. The van der Waals surface area contributed by atoms with Crippen LogP contribution in [0.15, 0.2) is 0 Å². The van der Waals surface area contributed by atoms with Crippen molar-refractivity contribution in [3.8, 4) is 0 Å². The van der Waals surface area contributed by atoms with Crippen LogP contribution in [-0.2, 0) is 4.74 Å². The van der Waals surface area contributed by atoms with Gasteiger partial charge in [0.2, 0.25) is 0 Å². The Morgan fingerprint density at radius 2 is 1.79 bits per heavy atom. The third-order valence-corrected chi connectivity index (χ3v) is 4.12. The number of nitrogens with one attached hydrogen (secondary N) is 2. The van der Waals surface area contributed by atoms with Crippen molar-refractivity contribution in [2.75, 3.05) is 19.8 Å². The van der Waals surface area contributed by atoms with E-state index in [9.17, 15) is 0 Å². The van der Waals surface area contributed by atoms with Gasteiger partial charge in [-0.05, 0) is 38.1 Å². The van der Waals surface area contributed by atoms with Crippen LogP contribution in [0.3, 0.4) is 0 Å². The Balaban J connectivity index is 1.59. The number of hydrogen-bond donors (Lipinski definition) is 2. The zero-order chi connectivity index (χ0) is 9.38. The molecule has 0 aromatic carbocycles. The van der Waals surface area contributed by atoms with Crippen LogP contribution in [0.2, 0.25) is 0 Å². The summed E-state index contributed by atoms with van der Waals surface area (Å²) in [6.07, 6.45) is 5.19. The SMILES string of the molecule is C1CC2NC(C3CCOCC3)CC2N1. The fourth-order valence-corrected chi connectivity index (χ4v) is 3.28. The van der Waals surface area contributed by atoms with Gasteiger partial charge in [-0.25, -0.2) is 0 Å². The standard InChI is InChI=1S/C11H20N2O/c1-4-12-11-7-10(13-9(1)11)8-2-5-14-6-3-8/h8-13H,1-7H2. The lowest BCUT2D eigenvalue weighted by Gasteiger charge is -2.28. The van der Waals surface area contributed by atoms with Crippen molar-refractivity contribution in [1.82, 2.24) is 10.6 Å². The van der Waals surface area contributed by atoms with E-state index in [2.05, 4.69) is 10.6 Å². The lowest BCUT2D eigenvalue weighted by atomic mass is 9.90. The average molecular weight is 196 g/mol. The predicted molar refractivity (Wildman–Crippen MR) is 55.3 cm³/mol. The molecule has 0 saturated carbocycles. The van der Waals surface area contributed by atoms with Gasteiger partial charge in [0.05, 0.1) is 0 Å². The highest BCUT2D eigenvalue weighted by Gasteiger charge is 2.39. The van der Waals surface area contributed by atoms with E-state index in [4.69, 9.17) is 4.74 Å². The van der Waals surface area contributed by atoms with Crippen LogP contribution in [-0.4, -0.2) is 37.9 Å². The van der Waals surface area contributed by atoms with Gasteiger partial charge in [-0.2, -0.15) is 0 Å². The van der Waals surface area contributed by atoms with Crippen molar-refractivity contribution < 1.29 is 4.74 Å². The molecule has 3 unspecified atom stereocenters. The Hall–Kier alpha value is -0.120. The van der Waals surface area contributed by atoms with Gasteiger partial charge in [-0.3, -0.25) is 0 Å². The first-order chi connectivity index (χ1) is 6.93. The zero-order valence-corrected chi connectivity index (χ0v) is 8.67. The highest BCUT2D eigenvalue weighted by atomic mass is 16.5. The molecular formula is C11H20N2O. The first-order valence-corrected chi connectivity index (χ1v) is 6.00. The van der Waals surface area contributed by atoms with Crippen LogP contribution in [0.5, 0.6) is 0 Å². The third kappa shape index (κ3) is 1.58. The fourth-order valence-electron chi connectivity index (χ4n) is 3.28. The van der Waals surface area contributed by atoms with Gasteiger partial charge in [-0.1, -0.05) is 0 Å². The van der Waals surface area contributed by atoms with Gasteiger partial charge >= 0.3 is 0 Å². The predicted octanol–water partition coefficient (Wildman–Crippen LogP) is 0.505. The summed E-state index contributed by atoms with van der Waals surface area (Å²) in [4.78, 5) is 0. The summed E-state index contributed by atoms with van der Waals surface area (Å²) in [5.74, 6) is 0.871. The average Bonchev–Trinajstić information content (AvgIpc) is 2.78. The summed E-state index contributed by atoms with van der Waals surface area (Å²) < 4.78 is 5.41. The van der Waals surface area contributed by atoms with Crippen LogP contribution < -0.4 is 10.6 Å². The Morgan fingerprint density at radius 3 is 2.57 bits per heavy atom. The normalized spacial score (nSPS) is 44.1. The molecule has 3 aliphatic heterocycles. The monoisotopic (exact) mass is 196 g/mol. The molecule has 3 aliphatic rings. The van der Waals surface area contributed by atoms with Crippen LogP contribution in [0.4, 0.5) is 0 Å². The molecule has 3 fully saturated rings. The minimum Gasteiger partial charge on any atom is -0.381 e. The molecule has 2 N–H and O–H groups in total. The Morgan fingerprint density at radius 1 is 0.929 bits per heavy atom. The van der Waals surface area contributed by atoms with Crippen LogP contribution in [0.25, 0.3) is 0 Å². The summed E-state index contributed by atoms with van der Waals surface area (Å²) in [7, 11) is 0. The van der Waals surface area contributed by atoms with Crippen molar-refractivity contribution in [2.24, 2.45) is 5.92 Å². The minimum atomic E-state index is 0.765. The first-order valence-electron chi connectivity index (χ1n) is 6.00. The second-order valence-electron chi connectivity index (χ2n) is 4.91. The van der Waals surface area contributed by atoms with Crippen molar-refractivity contribution >= 4 is 0 Å². The smallest absolute Gasteiger partial charge is 0.0469 e. The summed E-state index contributed by atoms with van der Waals surface area (Å²) >= 11 is 0. The third-order valence-electron chi connectivity index (χ3n) is 4.12. The molecule has 3 heteroatoms. The molecule has 3 saturated heterocycles. The van der Waals surface area contributed by atoms with Crippen LogP contribution in [0.1, 0.15) is 25.7 Å². The Bertz CT molecular complexity index is 191. The van der Waals surface area contributed by atoms with Gasteiger partial charge in [0, 0.05) is 31.3 Å². The molecule has 3 heterocycles. The van der Waals surface area contributed by atoms with E-state index in [1.165, 1.54) is 32.2 Å². The number of fused-ring (bicyclic) bond motifs is 1. The fraction of sp³-hybridized carbons (Fsp3) is 1.00. The van der Waals surface area contributed by atoms with Gasteiger partial charge in [0.1, 0.15) is 0 Å². The lowest BCUT2D eigenvalue weighted by molar-refractivity contribution is 0.0552. The maximum absolute atomic E-state index is 5.41. The quantitative estimate of drug-likeness (QED) is 0.641. The van der Waals surface area contributed by atoms with E-state index in [0.29, 0.717) is 0 Å². The van der Waals surface area contributed by atoms with Gasteiger partial charge in [0.25, 0.3) is 0 Å². The molecule has 0 spiro atoms. The summed E-state index contributed by atoms with van der Waals surface area (Å²) in [6, 6.07) is 2.30. The van der Waals surface area contributed by atoms with Gasteiger partial charge in [-0.15, -0.1) is 0 Å². The first kappa shape index (κ1) is 9.13. The highest BCUT2D eigenvalue weighted by molar-refractivity contribution is 5.01. The lowest BCUT2D eigenvalue weighted by Crippen LogP contribution is -2.37. The highest BCUT2D eigenvalue weighted by Crippen LogP contribution is 2.29. The topological polar surface area (TPSA) is 33.3 Å². The number of ether oxygens (including phenoxy) is 1. The molecule has 14 heavy (non-hydrogen) atoms. The molecule has 0 bridgehead atoms. The summed E-state index contributed by atoms with van der Waals surface area (Å²) in [5, 5.41) is 7.40. The molecule has 0 radical (unpaired) electrons. The van der Waals surface area contributed by atoms with E-state index in [-0.39, 0.29) is 0 Å². The maximum Gasteiger partial charge on any atom is 0.0469 e. The Labute approximate surface area is 85.6 Å². The molecule has 0 aromatic rings. The molecule has 0 amide bonds. The summed E-state index contributed by atoms with van der Waals surface area (Å²) in [6.45, 7) is 3.17. The Kier molecular flexibility index (Phi) is 2.48. The van der Waals surface area contributed by atoms with Crippen molar-refractivity contribution in [3.63, 3.8) is 0 Å². The van der Waals surface area contributed by atoms with Crippen molar-refractivity contribution in [3.05, 3.63) is 0 Å². The molecule has 3 atom stereocenters. The van der Waals surface area contributed by atoms with Crippen molar-refractivity contribution in [1.29, 1.82) is 0 Å². The van der Waals surface area contributed by atoms with Crippen molar-refractivity contribution in [2.45, 2.75) is 43.8 Å². The summed E-state index contributed by atoms with van der Waals surface area (Å²) in [5.41, 5.74) is 0. The zero-order valence-electron chi connectivity index (χ0n) is 8.67. The minimum absolute atomic E-state index is 0.765. The van der Waals surface area contributed by atoms with E-state index in [1.54, 1.807) is 0 Å². The molecule has 3 rings (SSSR count). The second kappa shape index (κ2) is 3.80. The largest absolute Gasteiger partial charge is 0.381 e. The van der Waals surface area contributed by atoms with Crippen LogP contribution >= 0.6 is 0 Å². The number of rotatable bonds is 1. The van der Waals surface area contributed by atoms with E-state index >= 15 is 0 Å². The van der Waals surface area contributed by atoms with Crippen LogP contribution in [0, 0.1) is 5.92 Å². The van der Waals surface area contributed by atoms with Gasteiger partial charge < -0.3 is 15.4 Å². The van der Waals surface area contributed by atoms with Gasteiger partial charge in [0.15, 0.2) is 0 Å². The molecule has 3 nitrogen and oxygen atoms in total. The van der Waals surface area contributed by atoms with E-state index in [0.717, 1.165) is 37.3 Å². The van der Waals surface area contributed by atoms with E-state index in [1.807, 2.05) is 0 Å². The number of hydrogen-bond acceptors (Lipinski definition) is 3.